The predicted octanol–water partition coefficient (Wildman–Crippen LogP) is 4.07. The molecule has 1 aromatic carbocycles. The summed E-state index contributed by atoms with van der Waals surface area (Å²) in [6.07, 6.45) is 0.671. The molecule has 2 aromatic heterocycles. The second-order valence-electron chi connectivity index (χ2n) is 7.69. The Morgan fingerprint density at radius 3 is 2.55 bits per heavy atom. The van der Waals surface area contributed by atoms with Crippen molar-refractivity contribution in [2.24, 2.45) is 0 Å². The van der Waals surface area contributed by atoms with Crippen LogP contribution >= 0.6 is 22.7 Å². The van der Waals surface area contributed by atoms with E-state index in [1.807, 2.05) is 35.0 Å². The van der Waals surface area contributed by atoms with Crippen molar-refractivity contribution in [1.82, 2.24) is 14.9 Å². The molecule has 1 aliphatic rings. The molecule has 1 saturated heterocycles. The van der Waals surface area contributed by atoms with E-state index < -0.39 is 0 Å². The van der Waals surface area contributed by atoms with Crippen molar-refractivity contribution in [2.45, 2.75) is 39.0 Å². The van der Waals surface area contributed by atoms with Gasteiger partial charge in [0.1, 0.15) is 10.8 Å². The number of rotatable bonds is 7. The molecule has 0 aliphatic carbocycles. The summed E-state index contributed by atoms with van der Waals surface area (Å²) in [4.78, 5) is 24.0. The highest BCUT2D eigenvalue weighted by Gasteiger charge is 2.23. The number of carbonyl (C=O) groups excluding carboxylic acids is 1. The van der Waals surface area contributed by atoms with Gasteiger partial charge < -0.3 is 14.8 Å². The Morgan fingerprint density at radius 1 is 1.13 bits per heavy atom. The van der Waals surface area contributed by atoms with Gasteiger partial charge in [0.25, 0.3) is 0 Å². The fraction of sp³-hybridized carbons (Fsp3) is 0.409. The highest BCUT2D eigenvalue weighted by atomic mass is 32.1. The number of carbonyl (C=O) groups is 1. The van der Waals surface area contributed by atoms with Crippen molar-refractivity contribution < 1.29 is 14.3 Å². The second-order valence-corrected chi connectivity index (χ2v) is 9.41. The van der Waals surface area contributed by atoms with Crippen LogP contribution in [0.15, 0.2) is 35.0 Å². The number of nitrogens with one attached hydrogen (secondary N) is 1. The molecule has 1 N–H and O–H groups in total. The maximum Gasteiger partial charge on any atom is 0.232 e. The van der Waals surface area contributed by atoms with Crippen molar-refractivity contribution in [3.8, 4) is 16.3 Å². The Kier molecular flexibility index (Phi) is 6.96. The van der Waals surface area contributed by atoms with Gasteiger partial charge in [-0.1, -0.05) is 0 Å². The lowest BCUT2D eigenvalue weighted by Crippen LogP contribution is -2.44. The Bertz CT molecular complexity index is 1010. The van der Waals surface area contributed by atoms with Gasteiger partial charge in [0.05, 0.1) is 37.1 Å². The number of nitrogens with zero attached hydrogens (tertiary/aromatic N) is 3. The number of hydrogen-bond donors (Lipinski definition) is 1. The average molecular weight is 459 g/mol. The summed E-state index contributed by atoms with van der Waals surface area (Å²) in [5, 5.41) is 8.34. The van der Waals surface area contributed by atoms with Crippen LogP contribution in [0.25, 0.3) is 10.6 Å². The number of amides is 1. The highest BCUT2D eigenvalue weighted by molar-refractivity contribution is 7.14. The minimum absolute atomic E-state index is 0.110. The standard InChI is InChI=1S/C22H26N4O3S2/c1-14-9-26(10-15(2)29-14)11-18-13-31-22(24-18)25-20(27)8-17-12-30-21(23-17)16-4-6-19(28-3)7-5-16/h4-7,12-15H,8-11H2,1-3H3,(H,24,25,27)/t14-,15-/m0/s1. The first-order valence-electron chi connectivity index (χ1n) is 10.2. The first-order valence-corrected chi connectivity index (χ1v) is 12.0. The van der Waals surface area contributed by atoms with E-state index in [0.717, 1.165) is 47.3 Å². The van der Waals surface area contributed by atoms with Crippen LogP contribution in [-0.2, 0) is 22.5 Å². The van der Waals surface area contributed by atoms with Gasteiger partial charge in [-0.3, -0.25) is 9.69 Å². The van der Waals surface area contributed by atoms with Crippen LogP contribution in [0.2, 0.25) is 0 Å². The lowest BCUT2D eigenvalue weighted by Gasteiger charge is -2.34. The third-order valence-corrected chi connectivity index (χ3v) is 6.66. The molecular weight excluding hydrogens is 432 g/mol. The average Bonchev–Trinajstić information content (AvgIpc) is 3.37. The molecule has 3 heterocycles. The molecular formula is C22H26N4O3S2. The molecule has 4 rings (SSSR count). The van der Waals surface area contributed by atoms with Crippen LogP contribution in [0.3, 0.4) is 0 Å². The van der Waals surface area contributed by atoms with E-state index in [1.165, 1.54) is 22.7 Å². The molecule has 0 radical (unpaired) electrons. The van der Waals surface area contributed by atoms with Gasteiger partial charge in [-0.25, -0.2) is 9.97 Å². The SMILES string of the molecule is COc1ccc(-c2nc(CC(=O)Nc3nc(CN4C[C@H](C)O[C@@H](C)C4)cs3)cs2)cc1. The first-order chi connectivity index (χ1) is 15.0. The quantitative estimate of drug-likeness (QED) is 0.575. The van der Waals surface area contributed by atoms with E-state index in [9.17, 15) is 4.79 Å². The molecule has 1 fully saturated rings. The van der Waals surface area contributed by atoms with Gasteiger partial charge in [-0.2, -0.15) is 0 Å². The van der Waals surface area contributed by atoms with Crippen LogP contribution < -0.4 is 10.1 Å². The van der Waals surface area contributed by atoms with Gasteiger partial charge in [-0.05, 0) is 38.1 Å². The molecule has 0 spiro atoms. The van der Waals surface area contributed by atoms with Crippen molar-refractivity contribution in [3.05, 3.63) is 46.4 Å². The smallest absolute Gasteiger partial charge is 0.232 e. The van der Waals surface area contributed by atoms with E-state index in [2.05, 4.69) is 34.0 Å². The number of hydrogen-bond acceptors (Lipinski definition) is 8. The zero-order valence-corrected chi connectivity index (χ0v) is 19.5. The van der Waals surface area contributed by atoms with Crippen molar-refractivity contribution in [2.75, 3.05) is 25.5 Å². The van der Waals surface area contributed by atoms with E-state index in [0.29, 0.717) is 5.13 Å². The third-order valence-electron chi connectivity index (χ3n) is 4.91. The summed E-state index contributed by atoms with van der Waals surface area (Å²) in [6.45, 7) is 6.73. The number of methoxy groups -OCH3 is 1. The van der Waals surface area contributed by atoms with Gasteiger partial charge in [0.2, 0.25) is 5.91 Å². The van der Waals surface area contributed by atoms with Crippen LogP contribution in [0, 0.1) is 0 Å². The number of morpholine rings is 1. The Balaban J connectivity index is 1.31. The van der Waals surface area contributed by atoms with E-state index in [4.69, 9.17) is 9.47 Å². The summed E-state index contributed by atoms with van der Waals surface area (Å²) in [6, 6.07) is 7.74. The van der Waals surface area contributed by atoms with E-state index in [1.54, 1.807) is 7.11 Å². The fourth-order valence-electron chi connectivity index (χ4n) is 3.66. The Morgan fingerprint density at radius 2 is 1.84 bits per heavy atom. The lowest BCUT2D eigenvalue weighted by atomic mass is 10.2. The summed E-state index contributed by atoms with van der Waals surface area (Å²) < 4.78 is 11.0. The second kappa shape index (κ2) is 9.86. The molecule has 0 unspecified atom stereocenters. The zero-order chi connectivity index (χ0) is 21.8. The van der Waals surface area contributed by atoms with Crippen molar-refractivity contribution >= 4 is 33.7 Å². The largest absolute Gasteiger partial charge is 0.497 e. The zero-order valence-electron chi connectivity index (χ0n) is 17.8. The summed E-state index contributed by atoms with van der Waals surface area (Å²) in [7, 11) is 1.64. The van der Waals surface area contributed by atoms with Crippen LogP contribution in [0.5, 0.6) is 5.75 Å². The minimum atomic E-state index is -0.110. The first kappa shape index (κ1) is 21.9. The maximum atomic E-state index is 12.5. The molecule has 164 valence electrons. The van der Waals surface area contributed by atoms with Gasteiger partial charge in [-0.15, -0.1) is 22.7 Å². The summed E-state index contributed by atoms with van der Waals surface area (Å²) >= 11 is 2.98. The Labute approximate surface area is 190 Å². The van der Waals surface area contributed by atoms with Gasteiger partial charge >= 0.3 is 0 Å². The predicted molar refractivity (Wildman–Crippen MR) is 124 cm³/mol. The Hall–Kier alpha value is -2.33. The number of aromatic nitrogens is 2. The van der Waals surface area contributed by atoms with Gasteiger partial charge in [0.15, 0.2) is 5.13 Å². The molecule has 31 heavy (non-hydrogen) atoms. The number of benzene rings is 1. The number of anilines is 1. The molecule has 0 bridgehead atoms. The van der Waals surface area contributed by atoms with Gasteiger partial charge in [0, 0.05) is 36.0 Å². The topological polar surface area (TPSA) is 76.6 Å². The molecule has 7 nitrogen and oxygen atoms in total. The summed E-state index contributed by atoms with van der Waals surface area (Å²) in [5.41, 5.74) is 2.73. The third kappa shape index (κ3) is 5.88. The molecule has 9 heteroatoms. The molecule has 3 aromatic rings. The normalized spacial score (nSPS) is 19.3. The fourth-order valence-corrected chi connectivity index (χ4v) is 5.21. The molecule has 0 saturated carbocycles. The minimum Gasteiger partial charge on any atom is -0.497 e. The van der Waals surface area contributed by atoms with Crippen LogP contribution in [-0.4, -0.2) is 53.2 Å². The highest BCUT2D eigenvalue weighted by Crippen LogP contribution is 2.26. The monoisotopic (exact) mass is 458 g/mol. The van der Waals surface area contributed by atoms with E-state index >= 15 is 0 Å². The molecule has 2 atom stereocenters. The van der Waals surface area contributed by atoms with Crippen LogP contribution in [0.4, 0.5) is 5.13 Å². The molecule has 1 amide bonds. The lowest BCUT2D eigenvalue weighted by molar-refractivity contribution is -0.115. The number of thiazole rings is 2. The summed E-state index contributed by atoms with van der Waals surface area (Å²) in [5.74, 6) is 0.696. The van der Waals surface area contributed by atoms with Crippen molar-refractivity contribution in [1.29, 1.82) is 0 Å². The number of ether oxygens (including phenoxy) is 2. The van der Waals surface area contributed by atoms with Crippen LogP contribution in [0.1, 0.15) is 25.2 Å². The maximum absolute atomic E-state index is 12.5. The van der Waals surface area contributed by atoms with E-state index in [-0.39, 0.29) is 24.5 Å². The molecule has 1 aliphatic heterocycles. The van der Waals surface area contributed by atoms with Crippen molar-refractivity contribution in [3.63, 3.8) is 0 Å².